The highest BCUT2D eigenvalue weighted by Crippen LogP contribution is 2.28. The Hall–Kier alpha value is -1.40. The Balaban J connectivity index is 2.36. The zero-order valence-electron chi connectivity index (χ0n) is 10.2. The van der Waals surface area contributed by atoms with Gasteiger partial charge in [0.1, 0.15) is 18.3 Å². The number of amides is 1. The predicted molar refractivity (Wildman–Crippen MR) is 78.0 cm³/mol. The van der Waals surface area contributed by atoms with Gasteiger partial charge in [0, 0.05) is 0 Å². The van der Waals surface area contributed by atoms with Crippen LogP contribution in [0.25, 0.3) is 5.69 Å². The highest BCUT2D eigenvalue weighted by molar-refractivity contribution is 9.10. The molecule has 2 rings (SSSR count). The summed E-state index contributed by atoms with van der Waals surface area (Å²) in [7, 11) is 0. The Kier molecular flexibility index (Phi) is 4.55. The molecular formula is C12H12BrClN4O. The molecule has 0 aliphatic carbocycles. The first-order valence-corrected chi connectivity index (χ1v) is 7.01. The molecule has 1 aromatic carbocycles. The molecule has 7 heteroatoms. The highest BCUT2D eigenvalue weighted by atomic mass is 79.9. The van der Waals surface area contributed by atoms with E-state index >= 15 is 0 Å². The molecule has 0 bridgehead atoms. The fourth-order valence-electron chi connectivity index (χ4n) is 1.57. The van der Waals surface area contributed by atoms with E-state index < -0.39 is 0 Å². The van der Waals surface area contributed by atoms with Crippen LogP contribution in [0.1, 0.15) is 13.3 Å². The second-order valence-corrected chi connectivity index (χ2v) is 5.35. The van der Waals surface area contributed by atoms with Crippen LogP contribution in [0.2, 0.25) is 5.02 Å². The largest absolute Gasteiger partial charge is 0.323 e. The van der Waals surface area contributed by atoms with E-state index in [4.69, 9.17) is 11.6 Å². The number of nitrogens with one attached hydrogen (secondary N) is 1. The van der Waals surface area contributed by atoms with E-state index in [0.717, 1.165) is 0 Å². The van der Waals surface area contributed by atoms with Crippen molar-refractivity contribution >= 4 is 39.1 Å². The lowest BCUT2D eigenvalue weighted by Crippen LogP contribution is -2.23. The number of rotatable bonds is 4. The molecule has 1 atom stereocenters. The number of hydrogen-bond donors (Lipinski definition) is 1. The lowest BCUT2D eigenvalue weighted by molar-refractivity contribution is -0.115. The normalized spacial score (nSPS) is 12.2. The van der Waals surface area contributed by atoms with Gasteiger partial charge in [0.15, 0.2) is 0 Å². The van der Waals surface area contributed by atoms with Crippen LogP contribution in [0, 0.1) is 0 Å². The number of para-hydroxylation sites is 1. The minimum Gasteiger partial charge on any atom is -0.323 e. The van der Waals surface area contributed by atoms with Crippen molar-refractivity contribution in [2.45, 2.75) is 18.2 Å². The Bertz CT molecular complexity index is 573. The first kappa shape index (κ1) is 14.0. The van der Waals surface area contributed by atoms with E-state index in [0.29, 0.717) is 22.8 Å². The fraction of sp³-hybridized carbons (Fsp3) is 0.250. The van der Waals surface area contributed by atoms with Crippen LogP contribution in [0.4, 0.5) is 5.69 Å². The zero-order valence-corrected chi connectivity index (χ0v) is 12.5. The van der Waals surface area contributed by atoms with Crippen LogP contribution >= 0.6 is 27.5 Å². The monoisotopic (exact) mass is 342 g/mol. The smallest absolute Gasteiger partial charge is 0.238 e. The summed E-state index contributed by atoms with van der Waals surface area (Å²) >= 11 is 9.48. The third kappa shape index (κ3) is 3.13. The molecule has 1 N–H and O–H groups in total. The maximum absolute atomic E-state index is 11.9. The number of carbonyl (C=O) groups is 1. The second kappa shape index (κ2) is 6.16. The summed E-state index contributed by atoms with van der Waals surface area (Å²) in [6, 6.07) is 5.28. The summed E-state index contributed by atoms with van der Waals surface area (Å²) in [6.07, 6.45) is 3.64. The fourth-order valence-corrected chi connectivity index (χ4v) is 1.94. The maximum atomic E-state index is 11.9. The Morgan fingerprint density at radius 3 is 3.00 bits per heavy atom. The van der Waals surface area contributed by atoms with Crippen LogP contribution < -0.4 is 5.32 Å². The van der Waals surface area contributed by atoms with Crippen LogP contribution in [-0.2, 0) is 4.79 Å². The molecule has 0 aliphatic heterocycles. The molecule has 19 heavy (non-hydrogen) atoms. The van der Waals surface area contributed by atoms with Crippen molar-refractivity contribution in [1.29, 1.82) is 0 Å². The summed E-state index contributed by atoms with van der Waals surface area (Å²) < 4.78 is 1.52. The van der Waals surface area contributed by atoms with Crippen molar-refractivity contribution in [2.75, 3.05) is 5.32 Å². The van der Waals surface area contributed by atoms with E-state index in [1.807, 2.05) is 6.92 Å². The molecule has 1 unspecified atom stereocenters. The van der Waals surface area contributed by atoms with Crippen molar-refractivity contribution in [1.82, 2.24) is 14.8 Å². The van der Waals surface area contributed by atoms with E-state index in [-0.39, 0.29) is 10.7 Å². The molecule has 0 radical (unpaired) electrons. The number of aromatic nitrogens is 3. The van der Waals surface area contributed by atoms with Crippen molar-refractivity contribution < 1.29 is 4.79 Å². The number of hydrogen-bond acceptors (Lipinski definition) is 3. The van der Waals surface area contributed by atoms with Gasteiger partial charge in [-0.1, -0.05) is 40.5 Å². The first-order valence-electron chi connectivity index (χ1n) is 5.72. The van der Waals surface area contributed by atoms with Gasteiger partial charge in [-0.3, -0.25) is 4.79 Å². The molecule has 0 aliphatic rings. The molecule has 0 saturated heterocycles. The number of halogens is 2. The van der Waals surface area contributed by atoms with Gasteiger partial charge in [-0.15, -0.1) is 0 Å². The highest BCUT2D eigenvalue weighted by Gasteiger charge is 2.16. The minimum absolute atomic E-state index is 0.119. The third-order valence-electron chi connectivity index (χ3n) is 2.54. The average Bonchev–Trinajstić information content (AvgIpc) is 2.91. The van der Waals surface area contributed by atoms with E-state index in [2.05, 4.69) is 31.3 Å². The average molecular weight is 344 g/mol. The van der Waals surface area contributed by atoms with Crippen molar-refractivity contribution in [3.63, 3.8) is 0 Å². The van der Waals surface area contributed by atoms with Gasteiger partial charge in [-0.2, -0.15) is 5.10 Å². The van der Waals surface area contributed by atoms with Crippen LogP contribution in [0.3, 0.4) is 0 Å². The minimum atomic E-state index is -0.241. The summed E-state index contributed by atoms with van der Waals surface area (Å²) in [5, 5.41) is 7.36. The summed E-state index contributed by atoms with van der Waals surface area (Å²) in [6.45, 7) is 1.93. The van der Waals surface area contributed by atoms with E-state index in [9.17, 15) is 4.79 Å². The lowest BCUT2D eigenvalue weighted by Gasteiger charge is -2.13. The molecule has 1 heterocycles. The van der Waals surface area contributed by atoms with Gasteiger partial charge < -0.3 is 5.32 Å². The summed E-state index contributed by atoms with van der Waals surface area (Å²) in [4.78, 5) is 15.6. The molecule has 2 aromatic rings. The molecule has 0 fully saturated rings. The molecule has 0 saturated carbocycles. The Labute approximate surface area is 124 Å². The molecule has 0 spiro atoms. The quantitative estimate of drug-likeness (QED) is 0.868. The summed E-state index contributed by atoms with van der Waals surface area (Å²) in [5.41, 5.74) is 1.20. The number of alkyl halides is 1. The second-order valence-electron chi connectivity index (χ2n) is 3.84. The standard InChI is InChI=1S/C12H12BrClN4O/c1-2-8(13)12(19)17-10-5-3-4-9(14)11(10)18-7-15-6-16-18/h3-8H,2H2,1H3,(H,17,19). The third-order valence-corrected chi connectivity index (χ3v) is 3.90. The number of benzene rings is 1. The predicted octanol–water partition coefficient (Wildman–Crippen LogP) is 3.03. The Morgan fingerprint density at radius 1 is 1.58 bits per heavy atom. The lowest BCUT2D eigenvalue weighted by atomic mass is 10.2. The molecule has 1 aromatic heterocycles. The van der Waals surface area contributed by atoms with Gasteiger partial charge in [0.05, 0.1) is 15.5 Å². The van der Waals surface area contributed by atoms with Crippen LogP contribution in [0.5, 0.6) is 0 Å². The summed E-state index contributed by atoms with van der Waals surface area (Å²) in [5.74, 6) is -0.119. The van der Waals surface area contributed by atoms with Gasteiger partial charge in [0.25, 0.3) is 0 Å². The topological polar surface area (TPSA) is 59.8 Å². The van der Waals surface area contributed by atoms with Crippen molar-refractivity contribution in [3.05, 3.63) is 35.9 Å². The van der Waals surface area contributed by atoms with Crippen LogP contribution in [-0.4, -0.2) is 25.5 Å². The molecule has 5 nitrogen and oxygen atoms in total. The van der Waals surface area contributed by atoms with Crippen LogP contribution in [0.15, 0.2) is 30.9 Å². The first-order chi connectivity index (χ1) is 9.13. The number of carbonyl (C=O) groups excluding carboxylic acids is 1. The number of nitrogens with zero attached hydrogens (tertiary/aromatic N) is 3. The van der Waals surface area contributed by atoms with Crippen molar-refractivity contribution in [3.8, 4) is 5.69 Å². The molecule has 100 valence electrons. The van der Waals surface area contributed by atoms with Gasteiger partial charge in [0.2, 0.25) is 5.91 Å². The SMILES string of the molecule is CCC(Br)C(=O)Nc1cccc(Cl)c1-n1cncn1. The van der Waals surface area contributed by atoms with Gasteiger partial charge in [-0.25, -0.2) is 9.67 Å². The molecular weight excluding hydrogens is 332 g/mol. The zero-order chi connectivity index (χ0) is 13.8. The van der Waals surface area contributed by atoms with E-state index in [1.54, 1.807) is 18.2 Å². The maximum Gasteiger partial charge on any atom is 0.238 e. The van der Waals surface area contributed by atoms with E-state index in [1.165, 1.54) is 17.3 Å². The van der Waals surface area contributed by atoms with Gasteiger partial charge in [-0.05, 0) is 18.6 Å². The van der Waals surface area contributed by atoms with Crippen molar-refractivity contribution in [2.24, 2.45) is 0 Å². The molecule has 1 amide bonds. The van der Waals surface area contributed by atoms with Gasteiger partial charge >= 0.3 is 0 Å². The Morgan fingerprint density at radius 2 is 2.37 bits per heavy atom. The number of anilines is 1.